The van der Waals surface area contributed by atoms with Crippen LogP contribution in [0.2, 0.25) is 0 Å². The van der Waals surface area contributed by atoms with E-state index in [9.17, 15) is 14.4 Å². The van der Waals surface area contributed by atoms with E-state index >= 15 is 0 Å². The van der Waals surface area contributed by atoms with Gasteiger partial charge in [-0.2, -0.15) is 0 Å². The normalized spacial score (nSPS) is 11.7. The van der Waals surface area contributed by atoms with E-state index in [4.69, 9.17) is 10.5 Å². The zero-order valence-corrected chi connectivity index (χ0v) is 16.1. The number of hydrogen-bond acceptors (Lipinski definition) is 7. The number of rotatable bonds is 5. The fourth-order valence-corrected chi connectivity index (χ4v) is 2.71. The summed E-state index contributed by atoms with van der Waals surface area (Å²) >= 11 is 0. The number of carbonyl (C=O) groups is 2. The van der Waals surface area contributed by atoms with Gasteiger partial charge in [0.05, 0.1) is 11.4 Å². The van der Waals surface area contributed by atoms with Crippen molar-refractivity contribution in [3.05, 3.63) is 64.5 Å². The third-order valence-electron chi connectivity index (χ3n) is 4.38. The summed E-state index contributed by atoms with van der Waals surface area (Å²) in [6, 6.07) is 9.02. The molecule has 29 heavy (non-hydrogen) atoms. The molecular formula is C19H20N6O4. The predicted molar refractivity (Wildman–Crippen MR) is 106 cm³/mol. The van der Waals surface area contributed by atoms with E-state index in [1.54, 1.807) is 30.8 Å². The number of nitrogen functional groups attached to an aromatic ring is 1. The molecule has 0 saturated carbocycles. The highest BCUT2D eigenvalue weighted by Gasteiger charge is 2.25. The molecule has 0 saturated heterocycles. The fraction of sp³-hybridized carbons (Fsp3) is 0.211. The summed E-state index contributed by atoms with van der Waals surface area (Å²) in [4.78, 5) is 45.1. The van der Waals surface area contributed by atoms with E-state index in [1.165, 1.54) is 24.0 Å². The number of nitrogens with two attached hydrogens (primary N) is 1. The fourth-order valence-electron chi connectivity index (χ4n) is 2.71. The molecule has 2 heterocycles. The van der Waals surface area contributed by atoms with E-state index in [0.717, 1.165) is 0 Å². The molecule has 0 bridgehead atoms. The molecule has 2 aromatic heterocycles. The zero-order chi connectivity index (χ0) is 21.1. The third kappa shape index (κ3) is 3.86. The second-order valence-corrected chi connectivity index (χ2v) is 6.26. The van der Waals surface area contributed by atoms with E-state index < -0.39 is 23.5 Å². The summed E-state index contributed by atoms with van der Waals surface area (Å²) < 4.78 is 8.17. The van der Waals surface area contributed by atoms with E-state index in [0.29, 0.717) is 11.4 Å². The first-order valence-electron chi connectivity index (χ1n) is 8.73. The molecule has 0 aliphatic rings. The van der Waals surface area contributed by atoms with Gasteiger partial charge in [-0.05, 0) is 26.0 Å². The predicted octanol–water partition coefficient (Wildman–Crippen LogP) is 1.04. The standard InChI is InChI=1S/C19H20N6O4/c1-11-14(18(27)25(24(11)3)13-7-5-4-6-8-13)23-17(26)12(2)29-19(28)15-16(20)22-10-9-21-15/h4-10,12H,1-3H3,(H2,20,22)(H,23,26)/t12-/m0/s1. The van der Waals surface area contributed by atoms with Gasteiger partial charge in [0, 0.05) is 19.4 Å². The molecular weight excluding hydrogens is 376 g/mol. The van der Waals surface area contributed by atoms with Gasteiger partial charge in [0.1, 0.15) is 5.69 Å². The number of esters is 1. The van der Waals surface area contributed by atoms with Crippen molar-refractivity contribution < 1.29 is 14.3 Å². The van der Waals surface area contributed by atoms with E-state index in [-0.39, 0.29) is 17.2 Å². The zero-order valence-electron chi connectivity index (χ0n) is 16.1. The van der Waals surface area contributed by atoms with Crippen LogP contribution in [0.4, 0.5) is 11.5 Å². The molecule has 10 heteroatoms. The maximum Gasteiger partial charge on any atom is 0.361 e. The quantitative estimate of drug-likeness (QED) is 0.615. The summed E-state index contributed by atoms with van der Waals surface area (Å²) in [6.07, 6.45) is 1.43. The highest BCUT2D eigenvalue weighted by atomic mass is 16.5. The molecule has 3 rings (SSSR count). The smallest absolute Gasteiger partial charge is 0.361 e. The molecule has 0 fully saturated rings. The van der Waals surface area contributed by atoms with Crippen LogP contribution < -0.4 is 16.6 Å². The van der Waals surface area contributed by atoms with Crippen LogP contribution in [-0.2, 0) is 16.6 Å². The molecule has 0 spiro atoms. The van der Waals surface area contributed by atoms with Crippen LogP contribution in [0.5, 0.6) is 0 Å². The Morgan fingerprint density at radius 2 is 1.83 bits per heavy atom. The number of hydrogen-bond donors (Lipinski definition) is 2. The molecule has 10 nitrogen and oxygen atoms in total. The number of nitrogens with one attached hydrogen (secondary N) is 1. The summed E-state index contributed by atoms with van der Waals surface area (Å²) in [5.74, 6) is -1.65. The van der Waals surface area contributed by atoms with Crippen molar-refractivity contribution in [3.8, 4) is 5.69 Å². The Balaban J connectivity index is 1.80. The minimum Gasteiger partial charge on any atom is -0.448 e. The summed E-state index contributed by atoms with van der Waals surface area (Å²) in [7, 11) is 1.71. The maximum atomic E-state index is 12.8. The summed E-state index contributed by atoms with van der Waals surface area (Å²) in [5.41, 5.74) is 6.30. The van der Waals surface area contributed by atoms with Crippen molar-refractivity contribution in [1.29, 1.82) is 0 Å². The topological polar surface area (TPSA) is 134 Å². The molecule has 0 aliphatic heterocycles. The Bertz CT molecular complexity index is 1120. The number of nitrogens with zero attached hydrogens (tertiary/aromatic N) is 4. The van der Waals surface area contributed by atoms with Crippen LogP contribution in [0.1, 0.15) is 23.1 Å². The van der Waals surface area contributed by atoms with Gasteiger partial charge in [-0.3, -0.25) is 14.3 Å². The molecule has 0 unspecified atom stereocenters. The van der Waals surface area contributed by atoms with Crippen molar-refractivity contribution >= 4 is 23.4 Å². The second kappa shape index (κ2) is 7.97. The number of carbonyl (C=O) groups excluding carboxylic acids is 2. The highest BCUT2D eigenvalue weighted by Crippen LogP contribution is 2.15. The van der Waals surface area contributed by atoms with Gasteiger partial charge in [-0.15, -0.1) is 0 Å². The Hall–Kier alpha value is -3.95. The third-order valence-corrected chi connectivity index (χ3v) is 4.38. The van der Waals surface area contributed by atoms with Crippen molar-refractivity contribution in [1.82, 2.24) is 19.3 Å². The Morgan fingerprint density at radius 1 is 1.17 bits per heavy atom. The molecule has 0 radical (unpaired) electrons. The van der Waals surface area contributed by atoms with Crippen LogP contribution in [0.25, 0.3) is 5.69 Å². The van der Waals surface area contributed by atoms with Gasteiger partial charge in [-0.25, -0.2) is 19.4 Å². The molecule has 150 valence electrons. The SMILES string of the molecule is Cc1c(NC(=O)[C@H](C)OC(=O)c2nccnc2N)c(=O)n(-c2ccccc2)n1C. The van der Waals surface area contributed by atoms with Crippen molar-refractivity contribution in [2.75, 3.05) is 11.1 Å². The maximum absolute atomic E-state index is 12.8. The van der Waals surface area contributed by atoms with Gasteiger partial charge < -0.3 is 15.8 Å². The van der Waals surface area contributed by atoms with Gasteiger partial charge in [-0.1, -0.05) is 18.2 Å². The van der Waals surface area contributed by atoms with Gasteiger partial charge in [0.25, 0.3) is 11.5 Å². The minimum atomic E-state index is -1.19. The molecule has 1 amide bonds. The number of anilines is 2. The van der Waals surface area contributed by atoms with E-state index in [2.05, 4.69) is 15.3 Å². The first-order valence-corrected chi connectivity index (χ1v) is 8.73. The van der Waals surface area contributed by atoms with Crippen molar-refractivity contribution in [3.63, 3.8) is 0 Å². The number of benzene rings is 1. The number of ether oxygens (including phenoxy) is 1. The average molecular weight is 396 g/mol. The Morgan fingerprint density at radius 3 is 2.48 bits per heavy atom. The van der Waals surface area contributed by atoms with Crippen LogP contribution in [0.3, 0.4) is 0 Å². The lowest BCUT2D eigenvalue weighted by Crippen LogP contribution is -2.32. The highest BCUT2D eigenvalue weighted by molar-refractivity contribution is 5.98. The lowest BCUT2D eigenvalue weighted by atomic mass is 10.3. The average Bonchev–Trinajstić information content (AvgIpc) is 2.92. The first-order chi connectivity index (χ1) is 13.8. The molecule has 3 N–H and O–H groups in total. The van der Waals surface area contributed by atoms with Gasteiger partial charge >= 0.3 is 5.97 Å². The first kappa shape index (κ1) is 19.8. The van der Waals surface area contributed by atoms with Crippen LogP contribution >= 0.6 is 0 Å². The lowest BCUT2D eigenvalue weighted by molar-refractivity contribution is -0.123. The van der Waals surface area contributed by atoms with Crippen LogP contribution in [-0.4, -0.2) is 37.3 Å². The van der Waals surface area contributed by atoms with Crippen LogP contribution in [0, 0.1) is 6.92 Å². The minimum absolute atomic E-state index is 0.100. The molecule has 1 atom stereocenters. The Labute approximate surface area is 165 Å². The number of amides is 1. The lowest BCUT2D eigenvalue weighted by Gasteiger charge is -2.13. The van der Waals surface area contributed by atoms with Crippen LogP contribution in [0.15, 0.2) is 47.5 Å². The largest absolute Gasteiger partial charge is 0.448 e. The number of para-hydroxylation sites is 1. The summed E-state index contributed by atoms with van der Waals surface area (Å²) in [5, 5.41) is 2.54. The Kier molecular flexibility index (Phi) is 5.44. The van der Waals surface area contributed by atoms with Gasteiger partial charge in [0.2, 0.25) is 0 Å². The monoisotopic (exact) mass is 396 g/mol. The summed E-state index contributed by atoms with van der Waals surface area (Å²) in [6.45, 7) is 3.08. The second-order valence-electron chi connectivity index (χ2n) is 6.26. The molecule has 0 aliphatic carbocycles. The number of aromatic nitrogens is 4. The van der Waals surface area contributed by atoms with E-state index in [1.807, 2.05) is 18.2 Å². The van der Waals surface area contributed by atoms with Crippen molar-refractivity contribution in [2.45, 2.75) is 20.0 Å². The molecule has 1 aromatic carbocycles. The molecule has 3 aromatic rings. The van der Waals surface area contributed by atoms with Gasteiger partial charge in [0.15, 0.2) is 17.6 Å². The van der Waals surface area contributed by atoms with Crippen molar-refractivity contribution in [2.24, 2.45) is 7.05 Å².